The van der Waals surface area contributed by atoms with Crippen LogP contribution in [0.1, 0.15) is 16.7 Å². The highest BCUT2D eigenvalue weighted by atomic mass is 32.2. The second kappa shape index (κ2) is 6.97. The summed E-state index contributed by atoms with van der Waals surface area (Å²) in [5.41, 5.74) is 3.89. The van der Waals surface area contributed by atoms with Gasteiger partial charge in [-0.15, -0.1) is 0 Å². The molecule has 0 fully saturated rings. The molecule has 0 atom stereocenters. The standard InChI is InChI=1S/C10H14O.H2N2O2S/c1-7-5-6-10(11-4)9(3)8(7)2;1-2-5(3)4/h5-6H,1-4H3;1H2. The summed E-state index contributed by atoms with van der Waals surface area (Å²) in [5.74, 6) is 5.16. The molecule has 0 amide bonds. The third kappa shape index (κ3) is 4.41. The van der Waals surface area contributed by atoms with Crippen molar-refractivity contribution in [1.82, 2.24) is 0 Å². The molecule has 0 saturated heterocycles. The molecule has 1 rings (SSSR count). The summed E-state index contributed by atoms with van der Waals surface area (Å²) in [6.45, 7) is 6.32. The van der Waals surface area contributed by atoms with Crippen molar-refractivity contribution < 1.29 is 13.2 Å². The van der Waals surface area contributed by atoms with E-state index >= 15 is 0 Å². The molecule has 0 aliphatic heterocycles. The normalized spacial score (nSPS) is 8.81. The van der Waals surface area contributed by atoms with Gasteiger partial charge in [0.2, 0.25) is 0 Å². The molecule has 1 aromatic rings. The highest BCUT2D eigenvalue weighted by Gasteiger charge is 2.01. The van der Waals surface area contributed by atoms with E-state index in [-0.39, 0.29) is 0 Å². The average Bonchev–Trinajstić information content (AvgIpc) is 2.27. The second-order valence-electron chi connectivity index (χ2n) is 3.16. The molecular formula is C10H16N2O3S. The minimum Gasteiger partial charge on any atom is -0.496 e. The molecule has 0 aromatic heterocycles. The summed E-state index contributed by atoms with van der Waals surface area (Å²) in [6.07, 6.45) is 0. The van der Waals surface area contributed by atoms with E-state index in [2.05, 4.69) is 37.2 Å². The van der Waals surface area contributed by atoms with E-state index in [1.54, 1.807) is 7.11 Å². The van der Waals surface area contributed by atoms with E-state index in [1.165, 1.54) is 16.7 Å². The van der Waals surface area contributed by atoms with Crippen LogP contribution < -0.4 is 10.6 Å². The molecule has 0 aliphatic rings. The van der Waals surface area contributed by atoms with Crippen LogP contribution in [0.25, 0.3) is 0 Å². The molecule has 0 spiro atoms. The molecule has 90 valence electrons. The lowest BCUT2D eigenvalue weighted by Gasteiger charge is -2.08. The Hall–Kier alpha value is -1.40. The maximum absolute atomic E-state index is 9.08. The lowest BCUT2D eigenvalue weighted by Crippen LogP contribution is -1.91. The fourth-order valence-corrected chi connectivity index (χ4v) is 1.15. The minimum atomic E-state index is -2.42. The Labute approximate surface area is 96.9 Å². The Morgan fingerprint density at radius 2 is 1.69 bits per heavy atom. The number of nitrogens with zero attached hydrogens (tertiary/aromatic N) is 1. The Bertz CT molecular complexity index is 473. The topological polar surface area (TPSA) is 81.8 Å². The molecule has 1 aromatic carbocycles. The number of hydrogen-bond acceptors (Lipinski definition) is 4. The molecule has 16 heavy (non-hydrogen) atoms. The minimum absolute atomic E-state index is 0.980. The highest BCUT2D eigenvalue weighted by molar-refractivity contribution is 7.61. The van der Waals surface area contributed by atoms with Crippen molar-refractivity contribution in [3.8, 4) is 5.75 Å². The first-order valence-corrected chi connectivity index (χ1v) is 5.58. The van der Waals surface area contributed by atoms with Crippen LogP contribution in [-0.4, -0.2) is 15.5 Å². The van der Waals surface area contributed by atoms with Gasteiger partial charge < -0.3 is 4.74 Å². The first-order valence-electron chi connectivity index (χ1n) is 4.55. The maximum Gasteiger partial charge on any atom is 0.327 e. The Balaban J connectivity index is 0.000000385. The smallest absolute Gasteiger partial charge is 0.327 e. The zero-order chi connectivity index (χ0) is 12.7. The van der Waals surface area contributed by atoms with Crippen molar-refractivity contribution in [2.24, 2.45) is 10.3 Å². The van der Waals surface area contributed by atoms with E-state index in [4.69, 9.17) is 13.2 Å². The molecule has 0 heterocycles. The van der Waals surface area contributed by atoms with Gasteiger partial charge in [-0.05, 0) is 43.5 Å². The summed E-state index contributed by atoms with van der Waals surface area (Å²) in [4.78, 5) is 0. The maximum atomic E-state index is 9.08. The van der Waals surface area contributed by atoms with Crippen LogP contribution in [0.15, 0.2) is 16.6 Å². The number of rotatable bonds is 1. The monoisotopic (exact) mass is 244 g/mol. The van der Waals surface area contributed by atoms with Gasteiger partial charge >= 0.3 is 10.5 Å². The number of hydrogen-bond donors (Lipinski definition) is 1. The summed E-state index contributed by atoms with van der Waals surface area (Å²) >= 11 is 0. The Kier molecular flexibility index (Phi) is 6.36. The fourth-order valence-electron chi connectivity index (χ4n) is 1.15. The van der Waals surface area contributed by atoms with Gasteiger partial charge in [-0.1, -0.05) is 10.5 Å². The van der Waals surface area contributed by atoms with Crippen LogP contribution in [0.3, 0.4) is 0 Å². The number of nitrogens with two attached hydrogens (primary N) is 1. The van der Waals surface area contributed by atoms with Crippen LogP contribution in [0.4, 0.5) is 0 Å². The van der Waals surface area contributed by atoms with Crippen LogP contribution in [0, 0.1) is 20.8 Å². The van der Waals surface area contributed by atoms with Gasteiger partial charge in [0.05, 0.1) is 7.11 Å². The van der Waals surface area contributed by atoms with Gasteiger partial charge in [0.15, 0.2) is 0 Å². The molecular weight excluding hydrogens is 228 g/mol. The van der Waals surface area contributed by atoms with Crippen LogP contribution in [-0.2, 0) is 10.5 Å². The van der Waals surface area contributed by atoms with E-state index in [9.17, 15) is 0 Å². The number of aryl methyl sites for hydroxylation is 1. The Morgan fingerprint density at radius 1 is 1.19 bits per heavy atom. The number of ether oxygens (including phenoxy) is 1. The predicted octanol–water partition coefficient (Wildman–Crippen LogP) is 1.54. The lowest BCUT2D eigenvalue weighted by molar-refractivity contribution is 0.411. The van der Waals surface area contributed by atoms with Gasteiger partial charge in [-0.25, -0.2) is 5.84 Å². The quantitative estimate of drug-likeness (QED) is 0.600. The largest absolute Gasteiger partial charge is 0.496 e. The van der Waals surface area contributed by atoms with Crippen molar-refractivity contribution in [2.45, 2.75) is 20.8 Å². The fraction of sp³-hybridized carbons (Fsp3) is 0.400. The highest BCUT2D eigenvalue weighted by Crippen LogP contribution is 2.22. The third-order valence-corrected chi connectivity index (χ3v) is 2.49. The molecule has 5 nitrogen and oxygen atoms in total. The van der Waals surface area contributed by atoms with Crippen molar-refractivity contribution >= 4 is 10.5 Å². The molecule has 0 aliphatic carbocycles. The summed E-state index contributed by atoms with van der Waals surface area (Å²) in [7, 11) is -0.714. The lowest BCUT2D eigenvalue weighted by atomic mass is 10.0. The van der Waals surface area contributed by atoms with Crippen molar-refractivity contribution in [2.75, 3.05) is 7.11 Å². The zero-order valence-electron chi connectivity index (χ0n) is 9.81. The second-order valence-corrected chi connectivity index (χ2v) is 3.80. The summed E-state index contributed by atoms with van der Waals surface area (Å²) in [5, 5.41) is 0. The first kappa shape index (κ1) is 14.6. The Morgan fingerprint density at radius 3 is 2.06 bits per heavy atom. The first-order chi connectivity index (χ1) is 7.43. The van der Waals surface area contributed by atoms with E-state index < -0.39 is 10.5 Å². The summed E-state index contributed by atoms with van der Waals surface area (Å²) in [6, 6.07) is 4.10. The molecule has 2 N–H and O–H groups in total. The van der Waals surface area contributed by atoms with E-state index in [0.717, 1.165) is 5.75 Å². The molecule has 0 unspecified atom stereocenters. The van der Waals surface area contributed by atoms with Crippen LogP contribution >= 0.6 is 0 Å². The van der Waals surface area contributed by atoms with Crippen molar-refractivity contribution in [1.29, 1.82) is 0 Å². The number of benzene rings is 1. The molecule has 0 radical (unpaired) electrons. The number of methoxy groups -OCH3 is 1. The van der Waals surface area contributed by atoms with Crippen LogP contribution in [0.5, 0.6) is 5.75 Å². The van der Waals surface area contributed by atoms with E-state index in [0.29, 0.717) is 0 Å². The van der Waals surface area contributed by atoms with Crippen molar-refractivity contribution in [3.05, 3.63) is 28.8 Å². The predicted molar refractivity (Wildman–Crippen MR) is 62.7 cm³/mol. The van der Waals surface area contributed by atoms with Gasteiger partial charge in [0, 0.05) is 0 Å². The zero-order valence-corrected chi connectivity index (χ0v) is 10.6. The van der Waals surface area contributed by atoms with Gasteiger partial charge in [0.25, 0.3) is 0 Å². The van der Waals surface area contributed by atoms with E-state index in [1.807, 2.05) is 6.07 Å². The molecule has 0 bridgehead atoms. The van der Waals surface area contributed by atoms with Gasteiger partial charge in [-0.2, -0.15) is 8.42 Å². The third-order valence-electron chi connectivity index (χ3n) is 2.31. The van der Waals surface area contributed by atoms with Gasteiger partial charge in [-0.3, -0.25) is 0 Å². The van der Waals surface area contributed by atoms with Crippen LogP contribution in [0.2, 0.25) is 0 Å². The van der Waals surface area contributed by atoms with Gasteiger partial charge in [0.1, 0.15) is 5.75 Å². The van der Waals surface area contributed by atoms with Crippen molar-refractivity contribution in [3.63, 3.8) is 0 Å². The average molecular weight is 244 g/mol. The molecule has 6 heteroatoms. The SMILES string of the molecule is COc1ccc(C)c(C)c1C.NN=S(=O)=O. The summed E-state index contributed by atoms with van der Waals surface area (Å²) < 4.78 is 25.6. The molecule has 0 saturated carbocycles.